The summed E-state index contributed by atoms with van der Waals surface area (Å²) in [7, 11) is 0. The van der Waals surface area contributed by atoms with E-state index in [4.69, 9.17) is 17.3 Å². The summed E-state index contributed by atoms with van der Waals surface area (Å²) in [5.41, 5.74) is 6.67. The van der Waals surface area contributed by atoms with Crippen LogP contribution in [-0.4, -0.2) is 23.4 Å². The van der Waals surface area contributed by atoms with Crippen LogP contribution >= 0.6 is 11.6 Å². The molecule has 0 fully saturated rings. The molecule has 3 nitrogen and oxygen atoms in total. The zero-order valence-corrected chi connectivity index (χ0v) is 11.1. The Hall–Kier alpha value is -1.06. The Labute approximate surface area is 108 Å². The third kappa shape index (κ3) is 4.75. The maximum atomic E-state index is 11.9. The van der Waals surface area contributed by atoms with E-state index in [9.17, 15) is 4.79 Å². The molecule has 1 rings (SSSR count). The van der Waals surface area contributed by atoms with Crippen molar-refractivity contribution in [2.45, 2.75) is 32.9 Å². The second kappa shape index (κ2) is 6.62. The Kier molecular flexibility index (Phi) is 5.45. The van der Waals surface area contributed by atoms with Crippen molar-refractivity contribution in [2.24, 2.45) is 5.73 Å². The second-order valence-electron chi connectivity index (χ2n) is 4.22. The molecule has 0 heterocycles. The standard InChI is InChI=1S/C13H19ClN2O/c1-3-16(13(17)7-10(2)15)9-11-5-4-6-12(14)8-11/h4-6,8,10H,3,7,9,15H2,1-2H3. The van der Waals surface area contributed by atoms with Gasteiger partial charge in [0.15, 0.2) is 0 Å². The van der Waals surface area contributed by atoms with Crippen LogP contribution in [0, 0.1) is 0 Å². The van der Waals surface area contributed by atoms with Gasteiger partial charge >= 0.3 is 0 Å². The molecule has 0 radical (unpaired) electrons. The summed E-state index contributed by atoms with van der Waals surface area (Å²) >= 11 is 5.91. The van der Waals surface area contributed by atoms with Gasteiger partial charge in [-0.15, -0.1) is 0 Å². The van der Waals surface area contributed by atoms with E-state index in [0.717, 1.165) is 5.56 Å². The lowest BCUT2D eigenvalue weighted by atomic mass is 10.2. The average Bonchev–Trinajstić information content (AvgIpc) is 2.24. The predicted octanol–water partition coefficient (Wildman–Crippen LogP) is 2.43. The molecular weight excluding hydrogens is 236 g/mol. The summed E-state index contributed by atoms with van der Waals surface area (Å²) in [6.45, 7) is 5.06. The Morgan fingerprint density at radius 1 is 1.53 bits per heavy atom. The van der Waals surface area contributed by atoms with Gasteiger partial charge in [0.25, 0.3) is 0 Å². The minimum atomic E-state index is -0.101. The number of carbonyl (C=O) groups is 1. The molecule has 0 saturated heterocycles. The number of hydrogen-bond acceptors (Lipinski definition) is 2. The minimum Gasteiger partial charge on any atom is -0.339 e. The van der Waals surface area contributed by atoms with Crippen LogP contribution in [0.4, 0.5) is 0 Å². The van der Waals surface area contributed by atoms with E-state index in [1.165, 1.54) is 0 Å². The van der Waals surface area contributed by atoms with E-state index in [-0.39, 0.29) is 11.9 Å². The Balaban J connectivity index is 2.66. The molecule has 2 N–H and O–H groups in total. The number of rotatable bonds is 5. The molecule has 4 heteroatoms. The fourth-order valence-corrected chi connectivity index (χ4v) is 1.85. The number of benzene rings is 1. The zero-order valence-electron chi connectivity index (χ0n) is 10.3. The van der Waals surface area contributed by atoms with E-state index in [1.54, 1.807) is 4.90 Å². The highest BCUT2D eigenvalue weighted by Gasteiger charge is 2.13. The highest BCUT2D eigenvalue weighted by molar-refractivity contribution is 6.30. The number of carbonyl (C=O) groups excluding carboxylic acids is 1. The van der Waals surface area contributed by atoms with Crippen molar-refractivity contribution in [3.8, 4) is 0 Å². The van der Waals surface area contributed by atoms with Gasteiger partial charge in [-0.25, -0.2) is 0 Å². The SMILES string of the molecule is CCN(Cc1cccc(Cl)c1)C(=O)CC(C)N. The molecule has 17 heavy (non-hydrogen) atoms. The lowest BCUT2D eigenvalue weighted by molar-refractivity contribution is -0.131. The van der Waals surface area contributed by atoms with Gasteiger partial charge in [-0.05, 0) is 31.5 Å². The molecule has 0 aliphatic carbocycles. The van der Waals surface area contributed by atoms with Crippen molar-refractivity contribution in [3.63, 3.8) is 0 Å². The average molecular weight is 255 g/mol. The van der Waals surface area contributed by atoms with E-state index < -0.39 is 0 Å². The lowest BCUT2D eigenvalue weighted by Crippen LogP contribution is -2.34. The number of nitrogens with two attached hydrogens (primary N) is 1. The zero-order chi connectivity index (χ0) is 12.8. The molecule has 0 saturated carbocycles. The number of amides is 1. The number of hydrogen-bond donors (Lipinski definition) is 1. The summed E-state index contributed by atoms with van der Waals surface area (Å²) in [5, 5.41) is 0.693. The largest absolute Gasteiger partial charge is 0.339 e. The van der Waals surface area contributed by atoms with E-state index in [2.05, 4.69) is 0 Å². The van der Waals surface area contributed by atoms with E-state index >= 15 is 0 Å². The summed E-state index contributed by atoms with van der Waals surface area (Å²) in [4.78, 5) is 13.7. The molecular formula is C13H19ClN2O. The molecule has 1 amide bonds. The molecule has 0 aromatic heterocycles. The molecule has 0 bridgehead atoms. The third-order valence-corrected chi connectivity index (χ3v) is 2.73. The topological polar surface area (TPSA) is 46.3 Å². The van der Waals surface area contributed by atoms with Crippen molar-refractivity contribution >= 4 is 17.5 Å². The second-order valence-corrected chi connectivity index (χ2v) is 4.66. The summed E-state index contributed by atoms with van der Waals surface area (Å²) in [5.74, 6) is 0.0856. The van der Waals surface area contributed by atoms with Gasteiger partial charge in [0.1, 0.15) is 0 Å². The molecule has 1 aromatic carbocycles. The Bertz CT molecular complexity index is 379. The first-order chi connectivity index (χ1) is 8.02. The van der Waals surface area contributed by atoms with Gasteiger partial charge in [-0.1, -0.05) is 23.7 Å². The lowest BCUT2D eigenvalue weighted by Gasteiger charge is -2.22. The van der Waals surface area contributed by atoms with E-state index in [0.29, 0.717) is 24.5 Å². The van der Waals surface area contributed by atoms with Gasteiger partial charge in [0.2, 0.25) is 5.91 Å². The van der Waals surface area contributed by atoms with Gasteiger partial charge in [0, 0.05) is 30.6 Å². The minimum absolute atomic E-state index is 0.0856. The number of nitrogens with zero attached hydrogens (tertiary/aromatic N) is 1. The van der Waals surface area contributed by atoms with Crippen molar-refractivity contribution < 1.29 is 4.79 Å². The van der Waals surface area contributed by atoms with Gasteiger partial charge < -0.3 is 10.6 Å². The molecule has 0 aliphatic rings. The van der Waals surface area contributed by atoms with Crippen molar-refractivity contribution in [3.05, 3.63) is 34.9 Å². The van der Waals surface area contributed by atoms with Crippen LogP contribution in [0.25, 0.3) is 0 Å². The highest BCUT2D eigenvalue weighted by Crippen LogP contribution is 2.13. The summed E-state index contributed by atoms with van der Waals surface area (Å²) in [6.07, 6.45) is 0.383. The fraction of sp³-hybridized carbons (Fsp3) is 0.462. The van der Waals surface area contributed by atoms with Crippen LogP contribution in [-0.2, 0) is 11.3 Å². The molecule has 1 atom stereocenters. The summed E-state index contributed by atoms with van der Waals surface area (Å²) in [6, 6.07) is 7.46. The smallest absolute Gasteiger partial charge is 0.224 e. The molecule has 1 unspecified atom stereocenters. The maximum absolute atomic E-state index is 11.9. The monoisotopic (exact) mass is 254 g/mol. The quantitative estimate of drug-likeness (QED) is 0.877. The van der Waals surface area contributed by atoms with Gasteiger partial charge in [-0.3, -0.25) is 4.79 Å². The normalized spacial score (nSPS) is 12.2. The van der Waals surface area contributed by atoms with Gasteiger partial charge in [-0.2, -0.15) is 0 Å². The first kappa shape index (κ1) is 14.0. The van der Waals surface area contributed by atoms with Crippen LogP contribution < -0.4 is 5.73 Å². The molecule has 94 valence electrons. The Morgan fingerprint density at radius 3 is 2.76 bits per heavy atom. The fourth-order valence-electron chi connectivity index (χ4n) is 1.64. The van der Waals surface area contributed by atoms with Crippen molar-refractivity contribution in [1.29, 1.82) is 0 Å². The number of halogens is 1. The molecule has 0 aliphatic heterocycles. The third-order valence-electron chi connectivity index (χ3n) is 2.49. The summed E-state index contributed by atoms with van der Waals surface area (Å²) < 4.78 is 0. The van der Waals surface area contributed by atoms with Crippen LogP contribution in [0.15, 0.2) is 24.3 Å². The van der Waals surface area contributed by atoms with Gasteiger partial charge in [0.05, 0.1) is 0 Å². The first-order valence-electron chi connectivity index (χ1n) is 5.80. The van der Waals surface area contributed by atoms with Crippen molar-refractivity contribution in [1.82, 2.24) is 4.90 Å². The van der Waals surface area contributed by atoms with Crippen LogP contribution in [0.2, 0.25) is 5.02 Å². The molecule has 1 aromatic rings. The predicted molar refractivity (Wildman–Crippen MR) is 70.8 cm³/mol. The van der Waals surface area contributed by atoms with Crippen LogP contribution in [0.1, 0.15) is 25.8 Å². The van der Waals surface area contributed by atoms with Crippen LogP contribution in [0.3, 0.4) is 0 Å². The maximum Gasteiger partial charge on any atom is 0.224 e. The van der Waals surface area contributed by atoms with Crippen molar-refractivity contribution in [2.75, 3.05) is 6.54 Å². The van der Waals surface area contributed by atoms with E-state index in [1.807, 2.05) is 38.1 Å². The van der Waals surface area contributed by atoms with Crippen LogP contribution in [0.5, 0.6) is 0 Å². The Morgan fingerprint density at radius 2 is 2.24 bits per heavy atom. The first-order valence-corrected chi connectivity index (χ1v) is 6.18. The molecule has 0 spiro atoms. The highest BCUT2D eigenvalue weighted by atomic mass is 35.5.